The molecule has 0 spiro atoms. The number of hydrogen-bond donors (Lipinski definition) is 0. The average Bonchev–Trinajstić information content (AvgIpc) is 3.10. The minimum absolute atomic E-state index is 0.280. The molecule has 2 aromatic rings. The van der Waals surface area contributed by atoms with E-state index in [4.69, 9.17) is 16.3 Å². The lowest BCUT2D eigenvalue weighted by Gasteiger charge is -2.19. The van der Waals surface area contributed by atoms with Crippen molar-refractivity contribution in [2.24, 2.45) is 11.8 Å². The molecule has 3 atom stereocenters. The Labute approximate surface area is 154 Å². The minimum atomic E-state index is -0.280. The van der Waals surface area contributed by atoms with E-state index in [1.807, 2.05) is 36.5 Å². The van der Waals surface area contributed by atoms with Crippen LogP contribution in [0.25, 0.3) is 0 Å². The SMILES string of the molecule is COC(=O)c1ccc(C[C@@H]2CC[C@H]([C@H](C)c3ccc(Cl)nc3)C2)cc1. The van der Waals surface area contributed by atoms with Crippen LogP contribution < -0.4 is 0 Å². The summed E-state index contributed by atoms with van der Waals surface area (Å²) in [6.45, 7) is 2.29. The summed E-state index contributed by atoms with van der Waals surface area (Å²) in [5.41, 5.74) is 3.18. The number of rotatable bonds is 5. The van der Waals surface area contributed by atoms with E-state index in [9.17, 15) is 4.79 Å². The maximum absolute atomic E-state index is 11.5. The lowest BCUT2D eigenvalue weighted by molar-refractivity contribution is 0.0600. The van der Waals surface area contributed by atoms with Crippen molar-refractivity contribution in [3.8, 4) is 0 Å². The number of pyridine rings is 1. The summed E-state index contributed by atoms with van der Waals surface area (Å²) in [5, 5.41) is 0.552. The zero-order valence-corrected chi connectivity index (χ0v) is 15.5. The molecular weight excluding hydrogens is 334 g/mol. The Morgan fingerprint density at radius 3 is 2.64 bits per heavy atom. The number of carbonyl (C=O) groups excluding carboxylic acids is 1. The van der Waals surface area contributed by atoms with Crippen molar-refractivity contribution < 1.29 is 9.53 Å². The second-order valence-corrected chi connectivity index (χ2v) is 7.42. The Bertz CT molecular complexity index is 712. The van der Waals surface area contributed by atoms with Gasteiger partial charge < -0.3 is 4.74 Å². The Balaban J connectivity index is 1.57. The molecule has 4 heteroatoms. The summed E-state index contributed by atoms with van der Waals surface area (Å²) < 4.78 is 4.75. The molecule has 132 valence electrons. The molecule has 0 saturated heterocycles. The predicted octanol–water partition coefficient (Wildman–Crippen LogP) is 5.28. The molecule has 0 amide bonds. The number of nitrogens with zero attached hydrogens (tertiary/aromatic N) is 1. The number of methoxy groups -OCH3 is 1. The van der Waals surface area contributed by atoms with Crippen LogP contribution in [-0.4, -0.2) is 18.1 Å². The van der Waals surface area contributed by atoms with Gasteiger partial charge in [-0.2, -0.15) is 0 Å². The zero-order valence-electron chi connectivity index (χ0n) is 14.7. The van der Waals surface area contributed by atoms with Gasteiger partial charge in [0.05, 0.1) is 12.7 Å². The zero-order chi connectivity index (χ0) is 17.8. The normalized spacial score (nSPS) is 21.1. The molecule has 1 saturated carbocycles. The highest BCUT2D eigenvalue weighted by molar-refractivity contribution is 6.29. The highest BCUT2D eigenvalue weighted by Gasteiger charge is 2.29. The van der Waals surface area contributed by atoms with E-state index in [-0.39, 0.29) is 5.97 Å². The molecule has 1 aliphatic rings. The molecule has 25 heavy (non-hydrogen) atoms. The number of carbonyl (C=O) groups is 1. The Hall–Kier alpha value is -1.87. The molecule has 3 nitrogen and oxygen atoms in total. The third-order valence-corrected chi connectivity index (χ3v) is 5.69. The van der Waals surface area contributed by atoms with Crippen LogP contribution in [-0.2, 0) is 11.2 Å². The quantitative estimate of drug-likeness (QED) is 0.539. The molecule has 1 aromatic heterocycles. The molecule has 0 N–H and O–H groups in total. The van der Waals surface area contributed by atoms with Crippen molar-refractivity contribution in [3.05, 3.63) is 64.4 Å². The molecular formula is C21H24ClNO2. The standard InChI is InChI=1S/C21H24ClNO2/c1-14(19-9-10-20(22)23-13-19)18-8-5-16(12-18)11-15-3-6-17(7-4-15)21(24)25-2/h3-4,6-7,9-10,13-14,16,18H,5,8,11-12H2,1-2H3/t14-,16-,18-/m0/s1. The van der Waals surface area contributed by atoms with Crippen LogP contribution in [0.5, 0.6) is 0 Å². The van der Waals surface area contributed by atoms with E-state index >= 15 is 0 Å². The van der Waals surface area contributed by atoms with Gasteiger partial charge in [-0.05, 0) is 72.8 Å². The van der Waals surface area contributed by atoms with Crippen LogP contribution in [0.1, 0.15) is 53.6 Å². The number of esters is 1. The molecule has 0 unspecified atom stereocenters. The highest BCUT2D eigenvalue weighted by atomic mass is 35.5. The van der Waals surface area contributed by atoms with Gasteiger partial charge in [0.15, 0.2) is 0 Å². The number of ether oxygens (including phenoxy) is 1. The van der Waals surface area contributed by atoms with Gasteiger partial charge in [-0.1, -0.05) is 36.7 Å². The van der Waals surface area contributed by atoms with Crippen molar-refractivity contribution in [2.75, 3.05) is 7.11 Å². The van der Waals surface area contributed by atoms with Gasteiger partial charge in [-0.15, -0.1) is 0 Å². The highest BCUT2D eigenvalue weighted by Crippen LogP contribution is 2.41. The van der Waals surface area contributed by atoms with Crippen LogP contribution in [0.15, 0.2) is 42.6 Å². The first kappa shape index (κ1) is 17.9. The number of halogens is 1. The fourth-order valence-electron chi connectivity index (χ4n) is 3.91. The molecule has 0 radical (unpaired) electrons. The van der Waals surface area contributed by atoms with Gasteiger partial charge >= 0.3 is 5.97 Å². The maximum atomic E-state index is 11.5. The smallest absolute Gasteiger partial charge is 0.337 e. The molecule has 0 aliphatic heterocycles. The summed E-state index contributed by atoms with van der Waals surface area (Å²) >= 11 is 5.89. The summed E-state index contributed by atoms with van der Waals surface area (Å²) in [4.78, 5) is 15.7. The van der Waals surface area contributed by atoms with E-state index in [1.54, 1.807) is 0 Å². The van der Waals surface area contributed by atoms with E-state index in [0.29, 0.717) is 28.5 Å². The van der Waals surface area contributed by atoms with Gasteiger partial charge in [-0.25, -0.2) is 9.78 Å². The molecule has 1 aromatic carbocycles. The van der Waals surface area contributed by atoms with Crippen molar-refractivity contribution >= 4 is 17.6 Å². The topological polar surface area (TPSA) is 39.2 Å². The predicted molar refractivity (Wildman–Crippen MR) is 100.0 cm³/mol. The molecule has 1 heterocycles. The fourth-order valence-corrected chi connectivity index (χ4v) is 4.02. The second kappa shape index (κ2) is 8.01. The molecule has 1 fully saturated rings. The van der Waals surface area contributed by atoms with E-state index in [2.05, 4.69) is 18.0 Å². The van der Waals surface area contributed by atoms with Crippen LogP contribution in [0, 0.1) is 11.8 Å². The van der Waals surface area contributed by atoms with Gasteiger partial charge in [0.2, 0.25) is 0 Å². The van der Waals surface area contributed by atoms with E-state index in [0.717, 1.165) is 6.42 Å². The van der Waals surface area contributed by atoms with Crippen LogP contribution in [0.4, 0.5) is 0 Å². The lowest BCUT2D eigenvalue weighted by Crippen LogP contribution is -2.08. The fraction of sp³-hybridized carbons (Fsp3) is 0.429. The van der Waals surface area contributed by atoms with Crippen molar-refractivity contribution in [1.29, 1.82) is 0 Å². The van der Waals surface area contributed by atoms with Gasteiger partial charge in [0.1, 0.15) is 5.15 Å². The monoisotopic (exact) mass is 357 g/mol. The summed E-state index contributed by atoms with van der Waals surface area (Å²) in [6.07, 6.45) is 6.74. The second-order valence-electron chi connectivity index (χ2n) is 7.03. The largest absolute Gasteiger partial charge is 0.465 e. The Morgan fingerprint density at radius 2 is 2.00 bits per heavy atom. The number of hydrogen-bond acceptors (Lipinski definition) is 3. The lowest BCUT2D eigenvalue weighted by atomic mass is 9.86. The van der Waals surface area contributed by atoms with Gasteiger partial charge in [0, 0.05) is 6.20 Å². The number of benzene rings is 1. The Kier molecular flexibility index (Phi) is 5.74. The van der Waals surface area contributed by atoms with Crippen LogP contribution in [0.3, 0.4) is 0 Å². The Morgan fingerprint density at radius 1 is 1.24 bits per heavy atom. The first-order valence-corrected chi connectivity index (χ1v) is 9.23. The molecule has 1 aliphatic carbocycles. The number of aromatic nitrogens is 1. The summed E-state index contributed by atoms with van der Waals surface area (Å²) in [5.74, 6) is 1.63. The first-order chi connectivity index (χ1) is 12.1. The first-order valence-electron chi connectivity index (χ1n) is 8.85. The minimum Gasteiger partial charge on any atom is -0.465 e. The van der Waals surface area contributed by atoms with Gasteiger partial charge in [-0.3, -0.25) is 0 Å². The van der Waals surface area contributed by atoms with E-state index < -0.39 is 0 Å². The summed E-state index contributed by atoms with van der Waals surface area (Å²) in [7, 11) is 1.41. The van der Waals surface area contributed by atoms with Crippen LogP contribution >= 0.6 is 11.6 Å². The third kappa shape index (κ3) is 4.40. The average molecular weight is 358 g/mol. The van der Waals surface area contributed by atoms with Crippen molar-refractivity contribution in [2.45, 2.75) is 38.5 Å². The third-order valence-electron chi connectivity index (χ3n) is 5.46. The van der Waals surface area contributed by atoms with Gasteiger partial charge in [0.25, 0.3) is 0 Å². The van der Waals surface area contributed by atoms with E-state index in [1.165, 1.54) is 37.5 Å². The van der Waals surface area contributed by atoms with Crippen LogP contribution in [0.2, 0.25) is 5.15 Å². The van der Waals surface area contributed by atoms with Crippen molar-refractivity contribution in [1.82, 2.24) is 4.98 Å². The van der Waals surface area contributed by atoms with Crippen molar-refractivity contribution in [3.63, 3.8) is 0 Å². The molecule has 3 rings (SSSR count). The maximum Gasteiger partial charge on any atom is 0.337 e. The molecule has 0 bridgehead atoms. The summed E-state index contributed by atoms with van der Waals surface area (Å²) in [6, 6.07) is 11.8.